The number of hydrogen-bond donors (Lipinski definition) is 0. The van der Waals surface area contributed by atoms with Crippen LogP contribution in [0.1, 0.15) is 37.7 Å². The number of aromatic nitrogens is 1. The van der Waals surface area contributed by atoms with Crippen molar-refractivity contribution in [3.8, 4) is 17.2 Å². The lowest BCUT2D eigenvalue weighted by atomic mass is 9.98. The SMILES string of the molecule is COc1ccc(CCC(=O)N2C3CCC2CC(Oc2ccncc2)C3)c(OC)c1. The molecule has 2 atom stereocenters. The molecule has 2 unspecified atom stereocenters. The Morgan fingerprint density at radius 1 is 1.03 bits per heavy atom. The van der Waals surface area contributed by atoms with Gasteiger partial charge in [0.25, 0.3) is 0 Å². The van der Waals surface area contributed by atoms with Crippen LogP contribution < -0.4 is 14.2 Å². The minimum Gasteiger partial charge on any atom is -0.497 e. The summed E-state index contributed by atoms with van der Waals surface area (Å²) < 4.78 is 16.9. The van der Waals surface area contributed by atoms with Crippen LogP contribution in [0, 0.1) is 0 Å². The zero-order chi connectivity index (χ0) is 20.2. The Labute approximate surface area is 171 Å². The molecule has 29 heavy (non-hydrogen) atoms. The molecule has 0 spiro atoms. The van der Waals surface area contributed by atoms with Gasteiger partial charge >= 0.3 is 0 Å². The highest BCUT2D eigenvalue weighted by molar-refractivity contribution is 5.78. The van der Waals surface area contributed by atoms with E-state index in [1.165, 1.54) is 0 Å². The minimum atomic E-state index is 0.167. The van der Waals surface area contributed by atoms with Crippen LogP contribution in [0.2, 0.25) is 0 Å². The predicted octanol–water partition coefficient (Wildman–Crippen LogP) is 3.63. The van der Waals surface area contributed by atoms with Gasteiger partial charge in [0.1, 0.15) is 23.4 Å². The number of carbonyl (C=O) groups excluding carboxylic acids is 1. The van der Waals surface area contributed by atoms with Gasteiger partial charge in [-0.25, -0.2) is 0 Å². The maximum Gasteiger partial charge on any atom is 0.223 e. The molecule has 0 saturated carbocycles. The number of fused-ring (bicyclic) bond motifs is 2. The Morgan fingerprint density at radius 3 is 2.41 bits per heavy atom. The van der Waals surface area contributed by atoms with Crippen molar-refractivity contribution < 1.29 is 19.0 Å². The number of nitrogens with zero attached hydrogens (tertiary/aromatic N) is 2. The number of methoxy groups -OCH3 is 2. The summed E-state index contributed by atoms with van der Waals surface area (Å²) >= 11 is 0. The zero-order valence-electron chi connectivity index (χ0n) is 17.0. The monoisotopic (exact) mass is 396 g/mol. The molecule has 154 valence electrons. The highest BCUT2D eigenvalue weighted by Gasteiger charge is 2.43. The molecule has 0 radical (unpaired) electrons. The van der Waals surface area contributed by atoms with Gasteiger partial charge in [-0.2, -0.15) is 0 Å². The molecular formula is C23H28N2O4. The average Bonchev–Trinajstić information content (AvgIpc) is 3.03. The smallest absolute Gasteiger partial charge is 0.223 e. The summed E-state index contributed by atoms with van der Waals surface area (Å²) in [5, 5.41) is 0. The predicted molar refractivity (Wildman–Crippen MR) is 109 cm³/mol. The second-order valence-electron chi connectivity index (χ2n) is 7.76. The molecule has 2 aromatic rings. The number of ether oxygens (including phenoxy) is 3. The summed E-state index contributed by atoms with van der Waals surface area (Å²) in [6.07, 6.45) is 8.75. The lowest BCUT2D eigenvalue weighted by Gasteiger charge is -2.39. The van der Waals surface area contributed by atoms with E-state index in [1.54, 1.807) is 26.6 Å². The summed E-state index contributed by atoms with van der Waals surface area (Å²) in [7, 11) is 3.28. The van der Waals surface area contributed by atoms with Crippen LogP contribution >= 0.6 is 0 Å². The van der Waals surface area contributed by atoms with E-state index < -0.39 is 0 Å². The van der Waals surface area contributed by atoms with E-state index in [0.717, 1.165) is 48.5 Å². The van der Waals surface area contributed by atoms with Crippen molar-refractivity contribution in [2.75, 3.05) is 14.2 Å². The van der Waals surface area contributed by atoms with Gasteiger partial charge in [0.15, 0.2) is 0 Å². The fourth-order valence-corrected chi connectivity index (χ4v) is 4.67. The molecule has 6 nitrogen and oxygen atoms in total. The van der Waals surface area contributed by atoms with Crippen molar-refractivity contribution in [2.45, 2.75) is 56.7 Å². The first-order valence-electron chi connectivity index (χ1n) is 10.3. The van der Waals surface area contributed by atoms with Gasteiger partial charge in [-0.1, -0.05) is 6.07 Å². The van der Waals surface area contributed by atoms with Gasteiger partial charge in [0, 0.05) is 49.8 Å². The van der Waals surface area contributed by atoms with Gasteiger partial charge in [0.05, 0.1) is 14.2 Å². The van der Waals surface area contributed by atoms with Gasteiger partial charge in [-0.15, -0.1) is 0 Å². The molecule has 0 N–H and O–H groups in total. The first-order valence-corrected chi connectivity index (χ1v) is 10.3. The largest absolute Gasteiger partial charge is 0.497 e. The number of amides is 1. The maximum absolute atomic E-state index is 13.0. The molecule has 2 aliphatic heterocycles. The Hall–Kier alpha value is -2.76. The molecule has 1 aromatic carbocycles. The van der Waals surface area contributed by atoms with Crippen LogP contribution in [0.15, 0.2) is 42.7 Å². The molecule has 2 fully saturated rings. The number of hydrogen-bond acceptors (Lipinski definition) is 5. The van der Waals surface area contributed by atoms with Crippen molar-refractivity contribution >= 4 is 5.91 Å². The Kier molecular flexibility index (Phi) is 5.88. The standard InChI is InChI=1S/C23H28N2O4/c1-27-20-7-3-16(22(15-20)28-2)4-8-23(26)25-17-5-6-18(25)14-21(13-17)29-19-9-11-24-12-10-19/h3,7,9-12,15,17-18,21H,4-6,8,13-14H2,1-2H3. The minimum absolute atomic E-state index is 0.167. The van der Waals surface area contributed by atoms with Gasteiger partial charge in [-0.05, 0) is 43.0 Å². The average molecular weight is 396 g/mol. The third-order valence-corrected chi connectivity index (χ3v) is 6.03. The van der Waals surface area contributed by atoms with Crippen molar-refractivity contribution in [1.29, 1.82) is 0 Å². The number of rotatable bonds is 7. The fourth-order valence-electron chi connectivity index (χ4n) is 4.67. The first kappa shape index (κ1) is 19.6. The maximum atomic E-state index is 13.0. The first-order chi connectivity index (χ1) is 14.2. The highest BCUT2D eigenvalue weighted by Crippen LogP contribution is 2.38. The van der Waals surface area contributed by atoms with Crippen LogP contribution in [-0.4, -0.2) is 48.2 Å². The molecular weight excluding hydrogens is 368 g/mol. The molecule has 2 bridgehead atoms. The van der Waals surface area contributed by atoms with Crippen LogP contribution in [0.4, 0.5) is 0 Å². The van der Waals surface area contributed by atoms with Crippen molar-refractivity contribution in [2.24, 2.45) is 0 Å². The Bertz CT molecular complexity index is 828. The van der Waals surface area contributed by atoms with Crippen LogP contribution in [0.25, 0.3) is 0 Å². The second kappa shape index (κ2) is 8.72. The summed E-state index contributed by atoms with van der Waals surface area (Å²) in [6.45, 7) is 0. The third kappa shape index (κ3) is 4.31. The number of carbonyl (C=O) groups is 1. The Morgan fingerprint density at radius 2 is 1.76 bits per heavy atom. The van der Waals surface area contributed by atoms with Crippen LogP contribution in [0.5, 0.6) is 17.2 Å². The van der Waals surface area contributed by atoms with E-state index in [9.17, 15) is 4.79 Å². The van der Waals surface area contributed by atoms with Crippen molar-refractivity contribution in [1.82, 2.24) is 9.88 Å². The number of pyridine rings is 1. The highest BCUT2D eigenvalue weighted by atomic mass is 16.5. The van der Waals surface area contributed by atoms with Crippen LogP contribution in [0.3, 0.4) is 0 Å². The molecule has 1 aromatic heterocycles. The van der Waals surface area contributed by atoms with E-state index in [-0.39, 0.29) is 24.1 Å². The van der Waals surface area contributed by atoms with E-state index >= 15 is 0 Å². The summed E-state index contributed by atoms with van der Waals surface area (Å²) in [5.74, 6) is 2.62. The third-order valence-electron chi connectivity index (χ3n) is 6.03. The molecule has 2 saturated heterocycles. The topological polar surface area (TPSA) is 60.9 Å². The number of piperidine rings is 1. The molecule has 3 heterocycles. The molecule has 1 amide bonds. The quantitative estimate of drug-likeness (QED) is 0.715. The molecule has 0 aliphatic carbocycles. The Balaban J connectivity index is 1.36. The summed E-state index contributed by atoms with van der Waals surface area (Å²) in [4.78, 5) is 19.2. The molecule has 6 heteroatoms. The van der Waals surface area contributed by atoms with Crippen LogP contribution in [-0.2, 0) is 11.2 Å². The van der Waals surface area contributed by atoms with Gasteiger partial charge in [-0.3, -0.25) is 9.78 Å². The molecule has 4 rings (SSSR count). The van der Waals surface area contributed by atoms with Gasteiger partial charge < -0.3 is 19.1 Å². The second-order valence-corrected chi connectivity index (χ2v) is 7.76. The molecule has 2 aliphatic rings. The number of benzene rings is 1. The summed E-state index contributed by atoms with van der Waals surface area (Å²) in [6, 6.07) is 10.1. The van der Waals surface area contributed by atoms with Gasteiger partial charge in [0.2, 0.25) is 5.91 Å². The van der Waals surface area contributed by atoms with E-state index in [4.69, 9.17) is 14.2 Å². The van der Waals surface area contributed by atoms with E-state index in [0.29, 0.717) is 12.8 Å². The normalized spacial score (nSPS) is 23.0. The lowest BCUT2D eigenvalue weighted by molar-refractivity contribution is -0.137. The van der Waals surface area contributed by atoms with E-state index in [1.807, 2.05) is 30.3 Å². The fraction of sp³-hybridized carbons (Fsp3) is 0.478. The zero-order valence-corrected chi connectivity index (χ0v) is 17.0. The number of aryl methyl sites for hydroxylation is 1. The van der Waals surface area contributed by atoms with E-state index in [2.05, 4.69) is 9.88 Å². The summed E-state index contributed by atoms with van der Waals surface area (Å²) in [5.41, 5.74) is 1.03. The van der Waals surface area contributed by atoms with Crippen molar-refractivity contribution in [3.63, 3.8) is 0 Å². The lowest BCUT2D eigenvalue weighted by Crippen LogP contribution is -2.49. The van der Waals surface area contributed by atoms with Crippen molar-refractivity contribution in [3.05, 3.63) is 48.3 Å².